The van der Waals surface area contributed by atoms with Crippen molar-refractivity contribution in [3.05, 3.63) is 57.9 Å². The first-order chi connectivity index (χ1) is 9.49. The molecule has 0 aliphatic rings. The highest BCUT2D eigenvalue weighted by Gasteiger charge is 2.14. The number of aryl methyl sites for hydroxylation is 1. The van der Waals surface area contributed by atoms with Crippen LogP contribution in [0.5, 0.6) is 11.5 Å². The van der Waals surface area contributed by atoms with Crippen LogP contribution < -0.4 is 4.74 Å². The smallest absolute Gasteiger partial charge is 0.339 e. The van der Waals surface area contributed by atoms with Gasteiger partial charge in [0.15, 0.2) is 5.75 Å². The standard InChI is InChI=1S/C13H10N2O5/c1-8-6-9(2-3-11(8)15(18)19)20-12-7-14-5-4-10(12)13(16)17/h2-7H,1H3,(H,16,17). The van der Waals surface area contributed by atoms with Crippen molar-refractivity contribution in [1.29, 1.82) is 0 Å². The molecule has 1 heterocycles. The number of carboxylic acid groups (broad SMARTS) is 1. The Morgan fingerprint density at radius 1 is 1.40 bits per heavy atom. The van der Waals surface area contributed by atoms with Gasteiger partial charge >= 0.3 is 5.97 Å². The number of pyridine rings is 1. The maximum Gasteiger partial charge on any atom is 0.339 e. The van der Waals surface area contributed by atoms with Gasteiger partial charge in [-0.05, 0) is 25.1 Å². The third-order valence-electron chi connectivity index (χ3n) is 2.61. The monoisotopic (exact) mass is 274 g/mol. The molecule has 0 saturated heterocycles. The van der Waals surface area contributed by atoms with Crippen LogP contribution >= 0.6 is 0 Å². The van der Waals surface area contributed by atoms with Gasteiger partial charge in [0.25, 0.3) is 5.69 Å². The topological polar surface area (TPSA) is 103 Å². The van der Waals surface area contributed by atoms with Crippen molar-refractivity contribution in [3.8, 4) is 11.5 Å². The van der Waals surface area contributed by atoms with Gasteiger partial charge in [-0.1, -0.05) is 0 Å². The molecule has 20 heavy (non-hydrogen) atoms. The summed E-state index contributed by atoms with van der Waals surface area (Å²) in [5, 5.41) is 19.7. The van der Waals surface area contributed by atoms with Crippen molar-refractivity contribution in [2.45, 2.75) is 6.92 Å². The van der Waals surface area contributed by atoms with E-state index in [0.29, 0.717) is 11.3 Å². The van der Waals surface area contributed by atoms with E-state index in [0.717, 1.165) is 0 Å². The number of benzene rings is 1. The quantitative estimate of drug-likeness (QED) is 0.679. The van der Waals surface area contributed by atoms with Crippen LogP contribution in [-0.4, -0.2) is 21.0 Å². The van der Waals surface area contributed by atoms with Gasteiger partial charge in [-0.2, -0.15) is 0 Å². The molecule has 0 aliphatic heterocycles. The molecule has 0 saturated carbocycles. The van der Waals surface area contributed by atoms with Crippen LogP contribution in [0.25, 0.3) is 0 Å². The number of carbonyl (C=O) groups is 1. The highest BCUT2D eigenvalue weighted by molar-refractivity contribution is 5.90. The largest absolute Gasteiger partial charge is 0.478 e. The van der Waals surface area contributed by atoms with Crippen LogP contribution in [0.4, 0.5) is 5.69 Å². The van der Waals surface area contributed by atoms with Crippen molar-refractivity contribution in [3.63, 3.8) is 0 Å². The number of aromatic nitrogens is 1. The number of carboxylic acids is 1. The van der Waals surface area contributed by atoms with E-state index in [1.165, 1.54) is 36.7 Å². The van der Waals surface area contributed by atoms with Crippen LogP contribution in [0.1, 0.15) is 15.9 Å². The van der Waals surface area contributed by atoms with Crippen molar-refractivity contribution in [2.24, 2.45) is 0 Å². The molecule has 0 aliphatic carbocycles. The predicted molar refractivity (Wildman–Crippen MR) is 69.1 cm³/mol. The van der Waals surface area contributed by atoms with Gasteiger partial charge in [0.05, 0.1) is 11.1 Å². The van der Waals surface area contributed by atoms with Crippen LogP contribution in [0.3, 0.4) is 0 Å². The molecule has 0 unspecified atom stereocenters. The maximum absolute atomic E-state index is 11.0. The summed E-state index contributed by atoms with van der Waals surface area (Å²) in [6.07, 6.45) is 2.62. The number of rotatable bonds is 4. The van der Waals surface area contributed by atoms with Crippen LogP contribution in [0.15, 0.2) is 36.7 Å². The highest BCUT2D eigenvalue weighted by Crippen LogP contribution is 2.28. The number of nitro groups is 1. The first-order valence-electron chi connectivity index (χ1n) is 5.59. The molecule has 2 rings (SSSR count). The Bertz CT molecular complexity index is 684. The Balaban J connectivity index is 2.34. The minimum Gasteiger partial charge on any atom is -0.478 e. The third kappa shape index (κ3) is 2.72. The normalized spacial score (nSPS) is 10.1. The zero-order valence-corrected chi connectivity index (χ0v) is 10.4. The molecule has 1 aromatic carbocycles. The lowest BCUT2D eigenvalue weighted by molar-refractivity contribution is -0.385. The zero-order chi connectivity index (χ0) is 14.7. The van der Waals surface area contributed by atoms with Crippen molar-refractivity contribution in [2.75, 3.05) is 0 Å². The summed E-state index contributed by atoms with van der Waals surface area (Å²) in [7, 11) is 0. The first kappa shape index (κ1) is 13.5. The van der Waals surface area contributed by atoms with E-state index in [1.54, 1.807) is 6.92 Å². The van der Waals surface area contributed by atoms with Crippen LogP contribution in [0, 0.1) is 17.0 Å². The van der Waals surface area contributed by atoms with Gasteiger partial charge < -0.3 is 9.84 Å². The number of ether oxygens (including phenoxy) is 1. The second-order valence-corrected chi connectivity index (χ2v) is 3.98. The van der Waals surface area contributed by atoms with Gasteiger partial charge in [-0.15, -0.1) is 0 Å². The van der Waals surface area contributed by atoms with Gasteiger partial charge in [0, 0.05) is 17.8 Å². The third-order valence-corrected chi connectivity index (χ3v) is 2.61. The van der Waals surface area contributed by atoms with Gasteiger partial charge in [-0.25, -0.2) is 4.79 Å². The molecule has 0 bridgehead atoms. The Labute approximate surface area is 113 Å². The van der Waals surface area contributed by atoms with Gasteiger partial charge in [0.1, 0.15) is 11.3 Å². The predicted octanol–water partition coefficient (Wildman–Crippen LogP) is 2.79. The minimum absolute atomic E-state index is 0.0259. The SMILES string of the molecule is Cc1cc(Oc2cnccc2C(=O)O)ccc1[N+](=O)[O-]. The van der Waals surface area contributed by atoms with E-state index < -0.39 is 10.9 Å². The molecule has 0 radical (unpaired) electrons. The summed E-state index contributed by atoms with van der Waals surface area (Å²) in [6, 6.07) is 5.50. The summed E-state index contributed by atoms with van der Waals surface area (Å²) in [5.74, 6) is -0.752. The lowest BCUT2D eigenvalue weighted by Crippen LogP contribution is -2.00. The zero-order valence-electron chi connectivity index (χ0n) is 10.4. The molecule has 7 heteroatoms. The number of nitro benzene ring substituents is 1. The second-order valence-electron chi connectivity index (χ2n) is 3.98. The molecular formula is C13H10N2O5. The summed E-state index contributed by atoms with van der Waals surface area (Å²) in [5.41, 5.74) is 0.367. The van der Waals surface area contributed by atoms with E-state index in [4.69, 9.17) is 9.84 Å². The molecule has 1 aromatic heterocycles. The molecular weight excluding hydrogens is 264 g/mol. The summed E-state index contributed by atoms with van der Waals surface area (Å²) < 4.78 is 5.42. The summed E-state index contributed by atoms with van der Waals surface area (Å²) in [4.78, 5) is 25.0. The van der Waals surface area contributed by atoms with Crippen LogP contribution in [0.2, 0.25) is 0 Å². The Hall–Kier alpha value is -2.96. The molecule has 0 spiro atoms. The fraction of sp³-hybridized carbons (Fsp3) is 0.0769. The van der Waals surface area contributed by atoms with Crippen LogP contribution in [-0.2, 0) is 0 Å². The van der Waals surface area contributed by atoms with Crippen molar-refractivity contribution < 1.29 is 19.6 Å². The Kier molecular flexibility index (Phi) is 3.60. The molecule has 0 atom stereocenters. The van der Waals surface area contributed by atoms with E-state index in [9.17, 15) is 14.9 Å². The number of hydrogen-bond donors (Lipinski definition) is 1. The summed E-state index contributed by atoms with van der Waals surface area (Å²) >= 11 is 0. The van der Waals surface area contributed by atoms with Crippen molar-refractivity contribution >= 4 is 11.7 Å². The molecule has 0 fully saturated rings. The molecule has 102 valence electrons. The lowest BCUT2D eigenvalue weighted by Gasteiger charge is -2.08. The average Bonchev–Trinajstić information content (AvgIpc) is 2.38. The molecule has 0 amide bonds. The van der Waals surface area contributed by atoms with Gasteiger partial charge in [-0.3, -0.25) is 15.1 Å². The second kappa shape index (κ2) is 5.35. The molecule has 1 N–H and O–H groups in total. The van der Waals surface area contributed by atoms with Gasteiger partial charge in [0.2, 0.25) is 0 Å². The van der Waals surface area contributed by atoms with E-state index in [-0.39, 0.29) is 17.0 Å². The number of nitrogens with zero attached hydrogens (tertiary/aromatic N) is 2. The lowest BCUT2D eigenvalue weighted by atomic mass is 10.2. The first-order valence-corrected chi connectivity index (χ1v) is 5.59. The molecule has 2 aromatic rings. The molecule has 7 nitrogen and oxygen atoms in total. The maximum atomic E-state index is 11.0. The highest BCUT2D eigenvalue weighted by atomic mass is 16.6. The number of hydrogen-bond acceptors (Lipinski definition) is 5. The van der Waals surface area contributed by atoms with E-state index in [1.807, 2.05) is 0 Å². The van der Waals surface area contributed by atoms with E-state index in [2.05, 4.69) is 4.98 Å². The Morgan fingerprint density at radius 2 is 2.15 bits per heavy atom. The number of aromatic carboxylic acids is 1. The minimum atomic E-state index is -1.14. The fourth-order valence-corrected chi connectivity index (χ4v) is 1.66. The van der Waals surface area contributed by atoms with E-state index >= 15 is 0 Å². The average molecular weight is 274 g/mol. The van der Waals surface area contributed by atoms with Crippen molar-refractivity contribution in [1.82, 2.24) is 4.98 Å². The fourth-order valence-electron chi connectivity index (χ4n) is 1.66. The summed E-state index contributed by atoms with van der Waals surface area (Å²) in [6.45, 7) is 1.58. The Morgan fingerprint density at radius 3 is 2.75 bits per heavy atom.